The van der Waals surface area contributed by atoms with E-state index in [1.54, 1.807) is 4.90 Å². The molecular formula is C35H45N2O2+. The molecule has 1 saturated heterocycles. The van der Waals surface area contributed by atoms with Crippen LogP contribution in [0.2, 0.25) is 0 Å². The third-order valence-electron chi connectivity index (χ3n) is 8.61. The molecule has 3 aromatic carbocycles. The van der Waals surface area contributed by atoms with Gasteiger partial charge in [-0.05, 0) is 53.7 Å². The lowest BCUT2D eigenvalue weighted by Crippen LogP contribution is -3.05. The minimum atomic E-state index is -0.338. The second kappa shape index (κ2) is 13.7. The summed E-state index contributed by atoms with van der Waals surface area (Å²) in [4.78, 5) is 30.2. The van der Waals surface area contributed by atoms with Crippen molar-refractivity contribution in [3.05, 3.63) is 108 Å². The van der Waals surface area contributed by atoms with Crippen molar-refractivity contribution in [1.29, 1.82) is 0 Å². The highest BCUT2D eigenvalue weighted by atomic mass is 16.2. The van der Waals surface area contributed by atoms with E-state index in [0.717, 1.165) is 37.8 Å². The van der Waals surface area contributed by atoms with E-state index in [-0.39, 0.29) is 35.5 Å². The zero-order valence-electron chi connectivity index (χ0n) is 24.1. The zero-order valence-corrected chi connectivity index (χ0v) is 24.1. The summed E-state index contributed by atoms with van der Waals surface area (Å²) < 4.78 is 0. The molecule has 2 amide bonds. The molecular weight excluding hydrogens is 480 g/mol. The summed E-state index contributed by atoms with van der Waals surface area (Å²) in [5, 5.41) is 0. The highest BCUT2D eigenvalue weighted by Crippen LogP contribution is 2.45. The zero-order chi connectivity index (χ0) is 27.8. The lowest BCUT2D eigenvalue weighted by Gasteiger charge is -2.31. The number of carbonyl (C=O) groups excluding carboxylic acids is 2. The molecule has 4 rings (SSSR count). The van der Waals surface area contributed by atoms with Crippen LogP contribution in [0, 0.1) is 11.8 Å². The number of carbonyl (C=O) groups is 2. The van der Waals surface area contributed by atoms with Gasteiger partial charge < -0.3 is 4.90 Å². The highest BCUT2D eigenvalue weighted by molar-refractivity contribution is 6.05. The number of likely N-dealkylation sites (tertiary alicyclic amines) is 1. The van der Waals surface area contributed by atoms with E-state index < -0.39 is 0 Å². The summed E-state index contributed by atoms with van der Waals surface area (Å²) >= 11 is 0. The van der Waals surface area contributed by atoms with Gasteiger partial charge in [0.15, 0.2) is 0 Å². The molecule has 1 fully saturated rings. The van der Waals surface area contributed by atoms with E-state index in [0.29, 0.717) is 12.5 Å². The van der Waals surface area contributed by atoms with Crippen LogP contribution in [0.25, 0.3) is 0 Å². The Bertz CT molecular complexity index is 1180. The number of hydrogen-bond acceptors (Lipinski definition) is 2. The smallest absolute Gasteiger partial charge is 0.233 e. The molecule has 1 heterocycles. The van der Waals surface area contributed by atoms with Gasteiger partial charge in [-0.2, -0.15) is 0 Å². The van der Waals surface area contributed by atoms with Crippen molar-refractivity contribution in [3.63, 3.8) is 0 Å². The van der Waals surface area contributed by atoms with Gasteiger partial charge in [0.2, 0.25) is 11.8 Å². The van der Waals surface area contributed by atoms with Gasteiger partial charge in [0.05, 0.1) is 26.6 Å². The molecule has 0 radical (unpaired) electrons. The molecule has 5 atom stereocenters. The molecule has 206 valence electrons. The van der Waals surface area contributed by atoms with Crippen LogP contribution in [0.5, 0.6) is 0 Å². The molecule has 0 aromatic heterocycles. The Hall–Kier alpha value is -3.24. The summed E-state index contributed by atoms with van der Waals surface area (Å²) in [6, 6.07) is 32.0. The second-order valence-corrected chi connectivity index (χ2v) is 11.6. The average Bonchev–Trinajstić information content (AvgIpc) is 3.17. The van der Waals surface area contributed by atoms with Crippen LogP contribution in [0.4, 0.5) is 0 Å². The molecule has 0 bridgehead atoms. The minimum Gasteiger partial charge on any atom is -0.340 e. The van der Waals surface area contributed by atoms with Gasteiger partial charge in [-0.25, -0.2) is 0 Å². The number of nitrogens with zero attached hydrogens (tertiary/aromatic N) is 1. The largest absolute Gasteiger partial charge is 0.340 e. The molecule has 0 saturated carbocycles. The first-order valence-corrected chi connectivity index (χ1v) is 14.7. The van der Waals surface area contributed by atoms with Crippen molar-refractivity contribution in [3.8, 4) is 0 Å². The van der Waals surface area contributed by atoms with Gasteiger partial charge in [0, 0.05) is 18.9 Å². The molecule has 39 heavy (non-hydrogen) atoms. The number of benzene rings is 3. The molecule has 5 unspecified atom stereocenters. The van der Waals surface area contributed by atoms with E-state index in [9.17, 15) is 9.59 Å². The minimum absolute atomic E-state index is 0.00771. The Morgan fingerprint density at radius 3 is 1.74 bits per heavy atom. The fourth-order valence-electron chi connectivity index (χ4n) is 6.43. The maximum Gasteiger partial charge on any atom is 0.233 e. The van der Waals surface area contributed by atoms with E-state index in [1.165, 1.54) is 16.0 Å². The predicted molar refractivity (Wildman–Crippen MR) is 159 cm³/mol. The third-order valence-corrected chi connectivity index (χ3v) is 8.61. The van der Waals surface area contributed by atoms with Gasteiger partial charge in [-0.15, -0.1) is 0 Å². The number of hydrogen-bond donors (Lipinski definition) is 1. The van der Waals surface area contributed by atoms with Crippen LogP contribution in [-0.2, 0) is 9.59 Å². The normalized spacial score (nSPS) is 19.9. The summed E-state index contributed by atoms with van der Waals surface area (Å²) in [6.07, 6.45) is 3.73. The third kappa shape index (κ3) is 7.05. The van der Waals surface area contributed by atoms with Gasteiger partial charge in [-0.3, -0.25) is 14.5 Å². The predicted octanol–water partition coefficient (Wildman–Crippen LogP) is 5.68. The number of rotatable bonds is 13. The first-order valence-electron chi connectivity index (χ1n) is 14.7. The van der Waals surface area contributed by atoms with Crippen molar-refractivity contribution in [1.82, 2.24) is 4.90 Å². The Labute approximate surface area is 235 Å². The SMILES string of the molecule is CCC(CC(CC(c1ccccc1)C1C(=O)N(CCC[NH+](C)C)C(=O)C1C)c1ccccc1)c1ccccc1. The fourth-order valence-corrected chi connectivity index (χ4v) is 6.43. The second-order valence-electron chi connectivity index (χ2n) is 11.6. The maximum absolute atomic E-state index is 13.9. The lowest BCUT2D eigenvalue weighted by atomic mass is 9.71. The van der Waals surface area contributed by atoms with Crippen LogP contribution < -0.4 is 4.90 Å². The molecule has 4 heteroatoms. The Kier molecular flexibility index (Phi) is 10.1. The fraction of sp³-hybridized carbons (Fsp3) is 0.429. The molecule has 1 N–H and O–H groups in total. The van der Waals surface area contributed by atoms with Crippen molar-refractivity contribution in [2.45, 2.75) is 57.3 Å². The van der Waals surface area contributed by atoms with Gasteiger partial charge in [0.1, 0.15) is 0 Å². The van der Waals surface area contributed by atoms with Crippen LogP contribution in [0.15, 0.2) is 91.0 Å². The topological polar surface area (TPSA) is 41.8 Å². The van der Waals surface area contributed by atoms with Crippen molar-refractivity contribution >= 4 is 11.8 Å². The first kappa shape index (κ1) is 28.8. The number of imide groups is 1. The Balaban J connectivity index is 1.67. The summed E-state index contributed by atoms with van der Waals surface area (Å²) in [7, 11) is 4.21. The van der Waals surface area contributed by atoms with Gasteiger partial charge in [0.25, 0.3) is 0 Å². The Morgan fingerprint density at radius 1 is 0.718 bits per heavy atom. The van der Waals surface area contributed by atoms with E-state index in [1.807, 2.05) is 13.0 Å². The quantitative estimate of drug-likeness (QED) is 0.292. The molecule has 0 spiro atoms. The summed E-state index contributed by atoms with van der Waals surface area (Å²) in [5.74, 6) is 0.0140. The maximum atomic E-state index is 13.9. The van der Waals surface area contributed by atoms with Gasteiger partial charge in [-0.1, -0.05) is 105 Å². The van der Waals surface area contributed by atoms with E-state index >= 15 is 0 Å². The van der Waals surface area contributed by atoms with Crippen molar-refractivity contribution < 1.29 is 14.5 Å². The van der Waals surface area contributed by atoms with Crippen molar-refractivity contribution in [2.24, 2.45) is 11.8 Å². The van der Waals surface area contributed by atoms with Gasteiger partial charge >= 0.3 is 0 Å². The molecule has 1 aliphatic rings. The monoisotopic (exact) mass is 525 g/mol. The average molecular weight is 526 g/mol. The van der Waals surface area contributed by atoms with E-state index in [4.69, 9.17) is 0 Å². The highest BCUT2D eigenvalue weighted by Gasteiger charge is 2.49. The van der Waals surface area contributed by atoms with Crippen LogP contribution in [0.1, 0.15) is 74.0 Å². The standard InChI is InChI=1S/C35H44N2O2/c1-5-27(28-16-9-6-10-17-28)24-31(29-18-11-7-12-19-29)25-32(30-20-13-8-14-21-30)33-26(2)34(38)37(35(33)39)23-15-22-36(3)4/h6-14,16-21,26-27,31-33H,5,15,22-25H2,1-4H3/p+1. The van der Waals surface area contributed by atoms with Crippen molar-refractivity contribution in [2.75, 3.05) is 27.2 Å². The Morgan fingerprint density at radius 2 is 1.23 bits per heavy atom. The molecule has 3 aromatic rings. The molecule has 1 aliphatic heterocycles. The lowest BCUT2D eigenvalue weighted by molar-refractivity contribution is -0.858. The number of quaternary nitrogens is 1. The van der Waals surface area contributed by atoms with Crippen LogP contribution in [0.3, 0.4) is 0 Å². The molecule has 0 aliphatic carbocycles. The first-order chi connectivity index (χ1) is 18.9. The number of nitrogens with one attached hydrogen (secondary N) is 1. The number of amides is 2. The van der Waals surface area contributed by atoms with Crippen LogP contribution >= 0.6 is 0 Å². The summed E-state index contributed by atoms with van der Waals surface area (Å²) in [6.45, 7) is 5.68. The molecule has 4 nitrogen and oxygen atoms in total. The van der Waals surface area contributed by atoms with E-state index in [2.05, 4.69) is 106 Å². The van der Waals surface area contributed by atoms with Crippen LogP contribution in [-0.4, -0.2) is 43.9 Å². The summed E-state index contributed by atoms with van der Waals surface area (Å²) in [5.41, 5.74) is 3.83.